The Morgan fingerprint density at radius 2 is 2.22 bits per heavy atom. The number of pyridine rings is 1. The number of carbonyl (C=O) groups is 1. The van der Waals surface area contributed by atoms with Crippen LogP contribution in [0, 0.1) is 0 Å². The SMILES string of the molecule is CN(CCCCCO)C(=O)c1cc(N)cnc1Cl. The molecule has 0 unspecified atom stereocenters. The molecule has 0 saturated heterocycles. The van der Waals surface area contributed by atoms with E-state index in [1.54, 1.807) is 11.9 Å². The van der Waals surface area contributed by atoms with Gasteiger partial charge in [0.2, 0.25) is 0 Å². The Morgan fingerprint density at radius 1 is 1.50 bits per heavy atom. The number of anilines is 1. The second-order valence-electron chi connectivity index (χ2n) is 4.12. The third-order valence-electron chi connectivity index (χ3n) is 2.59. The lowest BCUT2D eigenvalue weighted by Gasteiger charge is -2.17. The summed E-state index contributed by atoms with van der Waals surface area (Å²) in [6, 6.07) is 1.53. The first-order valence-electron chi connectivity index (χ1n) is 5.83. The number of hydrogen-bond acceptors (Lipinski definition) is 4. The molecule has 1 aromatic rings. The van der Waals surface area contributed by atoms with E-state index >= 15 is 0 Å². The molecule has 0 aliphatic rings. The van der Waals surface area contributed by atoms with Gasteiger partial charge >= 0.3 is 0 Å². The van der Waals surface area contributed by atoms with E-state index in [2.05, 4.69) is 4.98 Å². The summed E-state index contributed by atoms with van der Waals surface area (Å²) in [6.07, 6.45) is 3.90. The fraction of sp³-hybridized carbons (Fsp3) is 0.500. The van der Waals surface area contributed by atoms with Crippen LogP contribution in [-0.4, -0.2) is 41.1 Å². The fourth-order valence-corrected chi connectivity index (χ4v) is 1.74. The normalized spacial score (nSPS) is 10.4. The van der Waals surface area contributed by atoms with E-state index in [1.165, 1.54) is 12.3 Å². The third kappa shape index (κ3) is 4.16. The number of nitrogens with zero attached hydrogens (tertiary/aromatic N) is 2. The van der Waals surface area contributed by atoms with E-state index in [1.807, 2.05) is 0 Å². The maximum absolute atomic E-state index is 12.1. The molecule has 0 spiro atoms. The molecule has 0 saturated carbocycles. The molecule has 0 atom stereocenters. The molecule has 5 nitrogen and oxygen atoms in total. The maximum atomic E-state index is 12.1. The number of aromatic nitrogens is 1. The third-order valence-corrected chi connectivity index (χ3v) is 2.89. The van der Waals surface area contributed by atoms with Crippen LogP contribution in [0.25, 0.3) is 0 Å². The van der Waals surface area contributed by atoms with E-state index in [9.17, 15) is 4.79 Å². The number of nitrogen functional groups attached to an aromatic ring is 1. The van der Waals surface area contributed by atoms with Crippen LogP contribution in [0.15, 0.2) is 12.3 Å². The van der Waals surface area contributed by atoms with Gasteiger partial charge in [0.25, 0.3) is 5.91 Å². The van der Waals surface area contributed by atoms with Crippen molar-refractivity contribution in [1.82, 2.24) is 9.88 Å². The summed E-state index contributed by atoms with van der Waals surface area (Å²) in [5, 5.41) is 8.83. The molecule has 6 heteroatoms. The number of aliphatic hydroxyl groups excluding tert-OH is 1. The molecular formula is C12H18ClN3O2. The lowest BCUT2D eigenvalue weighted by atomic mass is 10.2. The van der Waals surface area contributed by atoms with E-state index in [0.717, 1.165) is 19.3 Å². The van der Waals surface area contributed by atoms with Crippen molar-refractivity contribution in [2.45, 2.75) is 19.3 Å². The van der Waals surface area contributed by atoms with Crippen LogP contribution in [-0.2, 0) is 0 Å². The molecule has 0 fully saturated rings. The molecule has 1 aromatic heterocycles. The van der Waals surface area contributed by atoms with Crippen molar-refractivity contribution in [2.75, 3.05) is 25.9 Å². The highest BCUT2D eigenvalue weighted by molar-refractivity contribution is 6.32. The average molecular weight is 272 g/mol. The quantitative estimate of drug-likeness (QED) is 0.608. The summed E-state index contributed by atoms with van der Waals surface area (Å²) in [7, 11) is 1.71. The maximum Gasteiger partial charge on any atom is 0.256 e. The molecule has 100 valence electrons. The highest BCUT2D eigenvalue weighted by Crippen LogP contribution is 2.17. The van der Waals surface area contributed by atoms with Gasteiger partial charge in [0, 0.05) is 20.2 Å². The van der Waals surface area contributed by atoms with Gasteiger partial charge in [-0.15, -0.1) is 0 Å². The van der Waals surface area contributed by atoms with Crippen molar-refractivity contribution in [3.63, 3.8) is 0 Å². The molecule has 0 aliphatic heterocycles. The topological polar surface area (TPSA) is 79.5 Å². The predicted molar refractivity (Wildman–Crippen MR) is 71.6 cm³/mol. The van der Waals surface area contributed by atoms with Crippen molar-refractivity contribution in [3.05, 3.63) is 23.0 Å². The minimum Gasteiger partial charge on any atom is -0.397 e. The Morgan fingerprint density at radius 3 is 2.89 bits per heavy atom. The average Bonchev–Trinajstić information content (AvgIpc) is 2.36. The molecule has 0 radical (unpaired) electrons. The number of hydrogen-bond donors (Lipinski definition) is 2. The Balaban J connectivity index is 2.60. The summed E-state index contributed by atoms with van der Waals surface area (Å²) in [4.78, 5) is 17.5. The van der Waals surface area contributed by atoms with Gasteiger partial charge in [-0.2, -0.15) is 0 Å². The first kappa shape index (κ1) is 14.7. The molecule has 1 amide bonds. The van der Waals surface area contributed by atoms with Gasteiger partial charge in [-0.25, -0.2) is 4.98 Å². The Labute approximate surface area is 112 Å². The first-order valence-corrected chi connectivity index (χ1v) is 6.21. The van der Waals surface area contributed by atoms with E-state index < -0.39 is 0 Å². The van der Waals surface area contributed by atoms with Crippen LogP contribution in [0.3, 0.4) is 0 Å². The number of carbonyl (C=O) groups excluding carboxylic acids is 1. The van der Waals surface area contributed by atoms with Gasteiger partial charge in [0.1, 0.15) is 5.15 Å². The highest BCUT2D eigenvalue weighted by atomic mass is 35.5. The summed E-state index contributed by atoms with van der Waals surface area (Å²) < 4.78 is 0. The molecule has 0 bridgehead atoms. The lowest BCUT2D eigenvalue weighted by Crippen LogP contribution is -2.28. The van der Waals surface area contributed by atoms with Crippen molar-refractivity contribution < 1.29 is 9.90 Å². The summed E-state index contributed by atoms with van der Waals surface area (Å²) >= 11 is 5.87. The molecule has 0 aromatic carbocycles. The van der Waals surface area contributed by atoms with E-state index in [0.29, 0.717) is 17.8 Å². The van der Waals surface area contributed by atoms with Crippen LogP contribution in [0.5, 0.6) is 0 Å². The van der Waals surface area contributed by atoms with Crippen molar-refractivity contribution in [2.24, 2.45) is 0 Å². The number of amides is 1. The van der Waals surface area contributed by atoms with Gasteiger partial charge in [-0.05, 0) is 25.3 Å². The summed E-state index contributed by atoms with van der Waals surface area (Å²) in [5.74, 6) is -0.191. The van der Waals surface area contributed by atoms with Gasteiger partial charge in [-0.1, -0.05) is 11.6 Å². The molecule has 18 heavy (non-hydrogen) atoms. The lowest BCUT2D eigenvalue weighted by molar-refractivity contribution is 0.0792. The number of halogens is 1. The molecular weight excluding hydrogens is 254 g/mol. The van der Waals surface area contributed by atoms with Crippen LogP contribution in [0.4, 0.5) is 5.69 Å². The number of unbranched alkanes of at least 4 members (excludes halogenated alkanes) is 2. The zero-order valence-corrected chi connectivity index (χ0v) is 11.2. The second kappa shape index (κ2) is 7.18. The minimum atomic E-state index is -0.191. The van der Waals surface area contributed by atoms with Gasteiger partial charge < -0.3 is 15.7 Å². The number of nitrogens with two attached hydrogens (primary N) is 1. The van der Waals surface area contributed by atoms with E-state index in [4.69, 9.17) is 22.4 Å². The minimum absolute atomic E-state index is 0.163. The van der Waals surface area contributed by atoms with Crippen LogP contribution in [0.2, 0.25) is 5.15 Å². The first-order chi connectivity index (χ1) is 8.56. The Kier molecular flexibility index (Phi) is 5.88. The molecule has 1 heterocycles. The largest absolute Gasteiger partial charge is 0.397 e. The van der Waals surface area contributed by atoms with Crippen molar-refractivity contribution in [3.8, 4) is 0 Å². The number of rotatable bonds is 6. The predicted octanol–water partition coefficient (Wildman–Crippen LogP) is 1.55. The number of aliphatic hydroxyl groups is 1. The van der Waals surface area contributed by atoms with Crippen LogP contribution >= 0.6 is 11.6 Å². The Hall–Kier alpha value is -1.33. The van der Waals surface area contributed by atoms with Crippen molar-refractivity contribution >= 4 is 23.2 Å². The Bertz CT molecular complexity index is 412. The monoisotopic (exact) mass is 271 g/mol. The molecule has 3 N–H and O–H groups in total. The van der Waals surface area contributed by atoms with Gasteiger partial charge in [-0.3, -0.25) is 4.79 Å². The highest BCUT2D eigenvalue weighted by Gasteiger charge is 2.15. The summed E-state index contributed by atoms with van der Waals surface area (Å²) in [6.45, 7) is 0.798. The fourth-order valence-electron chi connectivity index (χ4n) is 1.56. The second-order valence-corrected chi connectivity index (χ2v) is 4.48. The zero-order valence-electron chi connectivity index (χ0n) is 10.4. The molecule has 1 rings (SSSR count). The van der Waals surface area contributed by atoms with Gasteiger partial charge in [0.15, 0.2) is 0 Å². The van der Waals surface area contributed by atoms with Crippen LogP contribution in [0.1, 0.15) is 29.6 Å². The summed E-state index contributed by atoms with van der Waals surface area (Å²) in [5.41, 5.74) is 6.32. The van der Waals surface area contributed by atoms with Gasteiger partial charge in [0.05, 0.1) is 17.4 Å². The smallest absolute Gasteiger partial charge is 0.256 e. The van der Waals surface area contributed by atoms with Crippen LogP contribution < -0.4 is 5.73 Å². The van der Waals surface area contributed by atoms with Crippen molar-refractivity contribution in [1.29, 1.82) is 0 Å². The standard InChI is InChI=1S/C12H18ClN3O2/c1-16(5-3-2-4-6-17)12(18)10-7-9(14)8-15-11(10)13/h7-8,17H,2-6,14H2,1H3. The van der Waals surface area contributed by atoms with E-state index in [-0.39, 0.29) is 17.7 Å². The molecule has 0 aliphatic carbocycles. The zero-order chi connectivity index (χ0) is 13.5.